The number of anilines is 1. The molecule has 94 valence electrons. The third kappa shape index (κ3) is 3.27. The van der Waals surface area contributed by atoms with Crippen LogP contribution in [-0.4, -0.2) is 10.6 Å². The summed E-state index contributed by atoms with van der Waals surface area (Å²) < 4.78 is 0. The standard InChI is InChI=1S/C16H19NO/c1-16(2,3)17-14-8-4-12(5-9-14)13-6-10-15(18)11-7-13/h4-11,17-18H,1-3H3. The van der Waals surface area contributed by atoms with E-state index in [0.29, 0.717) is 5.75 Å². The van der Waals surface area contributed by atoms with Gasteiger partial charge in [0.25, 0.3) is 0 Å². The Morgan fingerprint density at radius 3 is 1.67 bits per heavy atom. The molecule has 2 nitrogen and oxygen atoms in total. The van der Waals surface area contributed by atoms with Crippen LogP contribution in [0.2, 0.25) is 0 Å². The van der Waals surface area contributed by atoms with Crippen LogP contribution in [0, 0.1) is 0 Å². The summed E-state index contributed by atoms with van der Waals surface area (Å²) in [5.74, 6) is 0.296. The minimum Gasteiger partial charge on any atom is -0.508 e. The van der Waals surface area contributed by atoms with Gasteiger partial charge >= 0.3 is 0 Å². The highest BCUT2D eigenvalue weighted by Gasteiger charge is 2.08. The zero-order chi connectivity index (χ0) is 13.2. The molecule has 0 radical (unpaired) electrons. The number of hydrogen-bond donors (Lipinski definition) is 2. The molecular formula is C16H19NO. The second-order valence-electron chi connectivity index (χ2n) is 5.50. The normalized spacial score (nSPS) is 11.3. The molecule has 0 unspecified atom stereocenters. The van der Waals surface area contributed by atoms with Gasteiger partial charge in [-0.25, -0.2) is 0 Å². The summed E-state index contributed by atoms with van der Waals surface area (Å²) in [6, 6.07) is 15.6. The summed E-state index contributed by atoms with van der Waals surface area (Å²) in [6.07, 6.45) is 0. The molecule has 0 aliphatic heterocycles. The van der Waals surface area contributed by atoms with E-state index in [1.54, 1.807) is 12.1 Å². The fraction of sp³-hybridized carbons (Fsp3) is 0.250. The smallest absolute Gasteiger partial charge is 0.115 e. The van der Waals surface area contributed by atoms with Crippen molar-refractivity contribution in [2.45, 2.75) is 26.3 Å². The average molecular weight is 241 g/mol. The minimum absolute atomic E-state index is 0.0695. The summed E-state index contributed by atoms with van der Waals surface area (Å²) in [5, 5.41) is 12.7. The van der Waals surface area contributed by atoms with Crippen molar-refractivity contribution in [3.05, 3.63) is 48.5 Å². The highest BCUT2D eigenvalue weighted by molar-refractivity contribution is 5.66. The van der Waals surface area contributed by atoms with Crippen molar-refractivity contribution in [2.24, 2.45) is 0 Å². The molecule has 0 heterocycles. The predicted octanol–water partition coefficient (Wildman–Crippen LogP) is 4.27. The highest BCUT2D eigenvalue weighted by atomic mass is 16.3. The Morgan fingerprint density at radius 2 is 1.22 bits per heavy atom. The molecule has 2 heteroatoms. The molecule has 2 N–H and O–H groups in total. The van der Waals surface area contributed by atoms with E-state index in [2.05, 4.69) is 50.4 Å². The maximum absolute atomic E-state index is 9.27. The van der Waals surface area contributed by atoms with Crippen LogP contribution in [0.15, 0.2) is 48.5 Å². The van der Waals surface area contributed by atoms with Gasteiger partial charge in [-0.3, -0.25) is 0 Å². The Bertz CT molecular complexity index is 506. The molecule has 0 amide bonds. The van der Waals surface area contributed by atoms with E-state index in [1.807, 2.05) is 12.1 Å². The molecule has 0 bridgehead atoms. The lowest BCUT2D eigenvalue weighted by Crippen LogP contribution is -2.25. The van der Waals surface area contributed by atoms with Crippen molar-refractivity contribution in [3.8, 4) is 16.9 Å². The number of phenolic OH excluding ortho intramolecular Hbond substituents is 1. The van der Waals surface area contributed by atoms with E-state index in [9.17, 15) is 5.11 Å². The molecule has 0 saturated carbocycles. The molecule has 0 spiro atoms. The van der Waals surface area contributed by atoms with Gasteiger partial charge in [-0.15, -0.1) is 0 Å². The van der Waals surface area contributed by atoms with Crippen LogP contribution in [0.4, 0.5) is 5.69 Å². The lowest BCUT2D eigenvalue weighted by Gasteiger charge is -2.22. The summed E-state index contributed by atoms with van der Waals surface area (Å²) in [7, 11) is 0. The molecule has 2 aromatic carbocycles. The van der Waals surface area contributed by atoms with E-state index < -0.39 is 0 Å². The van der Waals surface area contributed by atoms with E-state index in [0.717, 1.165) is 16.8 Å². The largest absolute Gasteiger partial charge is 0.508 e. The van der Waals surface area contributed by atoms with Crippen LogP contribution < -0.4 is 5.32 Å². The number of phenols is 1. The Balaban J connectivity index is 2.20. The van der Waals surface area contributed by atoms with Crippen molar-refractivity contribution in [1.82, 2.24) is 0 Å². The third-order valence-electron chi connectivity index (χ3n) is 2.60. The number of aromatic hydroxyl groups is 1. The van der Waals surface area contributed by atoms with Crippen molar-refractivity contribution in [3.63, 3.8) is 0 Å². The van der Waals surface area contributed by atoms with Crippen LogP contribution in [-0.2, 0) is 0 Å². The van der Waals surface area contributed by atoms with E-state index in [-0.39, 0.29) is 5.54 Å². The van der Waals surface area contributed by atoms with E-state index in [4.69, 9.17) is 0 Å². The van der Waals surface area contributed by atoms with Gasteiger partial charge in [0.1, 0.15) is 5.75 Å². The molecular weight excluding hydrogens is 222 g/mol. The third-order valence-corrected chi connectivity index (χ3v) is 2.60. The van der Waals surface area contributed by atoms with Crippen molar-refractivity contribution < 1.29 is 5.11 Å². The maximum Gasteiger partial charge on any atom is 0.115 e. The number of nitrogens with one attached hydrogen (secondary N) is 1. The summed E-state index contributed by atoms with van der Waals surface area (Å²) in [4.78, 5) is 0. The number of hydrogen-bond acceptors (Lipinski definition) is 2. The zero-order valence-corrected chi connectivity index (χ0v) is 11.1. The topological polar surface area (TPSA) is 32.3 Å². The predicted molar refractivity (Wildman–Crippen MR) is 76.9 cm³/mol. The van der Waals surface area contributed by atoms with Gasteiger partial charge in [0, 0.05) is 11.2 Å². The summed E-state index contributed by atoms with van der Waals surface area (Å²) in [6.45, 7) is 6.42. The van der Waals surface area contributed by atoms with Crippen molar-refractivity contribution >= 4 is 5.69 Å². The van der Waals surface area contributed by atoms with Gasteiger partial charge in [0.15, 0.2) is 0 Å². The van der Waals surface area contributed by atoms with Gasteiger partial charge in [-0.2, -0.15) is 0 Å². The van der Waals surface area contributed by atoms with Crippen LogP contribution >= 0.6 is 0 Å². The van der Waals surface area contributed by atoms with Crippen molar-refractivity contribution in [1.29, 1.82) is 0 Å². The Hall–Kier alpha value is -1.96. The number of benzene rings is 2. The first-order valence-electron chi connectivity index (χ1n) is 6.12. The summed E-state index contributed by atoms with van der Waals surface area (Å²) >= 11 is 0. The molecule has 0 atom stereocenters. The molecule has 0 fully saturated rings. The average Bonchev–Trinajstić information content (AvgIpc) is 2.29. The first-order chi connectivity index (χ1) is 8.44. The summed E-state index contributed by atoms with van der Waals surface area (Å²) in [5.41, 5.74) is 3.44. The fourth-order valence-electron chi connectivity index (χ4n) is 1.83. The minimum atomic E-state index is 0.0695. The van der Waals surface area contributed by atoms with Gasteiger partial charge in [-0.1, -0.05) is 24.3 Å². The highest BCUT2D eigenvalue weighted by Crippen LogP contribution is 2.24. The van der Waals surface area contributed by atoms with Gasteiger partial charge < -0.3 is 10.4 Å². The second kappa shape index (κ2) is 4.73. The molecule has 18 heavy (non-hydrogen) atoms. The Morgan fingerprint density at radius 1 is 0.778 bits per heavy atom. The Labute approximate surface area is 108 Å². The fourth-order valence-corrected chi connectivity index (χ4v) is 1.83. The van der Waals surface area contributed by atoms with Crippen LogP contribution in [0.5, 0.6) is 5.75 Å². The zero-order valence-electron chi connectivity index (χ0n) is 11.1. The molecule has 0 aliphatic rings. The lowest BCUT2D eigenvalue weighted by atomic mass is 10.0. The molecule has 0 aromatic heterocycles. The van der Waals surface area contributed by atoms with Crippen LogP contribution in [0.25, 0.3) is 11.1 Å². The monoisotopic (exact) mass is 241 g/mol. The quantitative estimate of drug-likeness (QED) is 0.823. The van der Waals surface area contributed by atoms with E-state index in [1.165, 1.54) is 0 Å². The lowest BCUT2D eigenvalue weighted by molar-refractivity contribution is 0.475. The van der Waals surface area contributed by atoms with Gasteiger partial charge in [0.2, 0.25) is 0 Å². The molecule has 0 aliphatic carbocycles. The SMILES string of the molecule is CC(C)(C)Nc1ccc(-c2ccc(O)cc2)cc1. The van der Waals surface area contributed by atoms with Gasteiger partial charge in [0.05, 0.1) is 0 Å². The van der Waals surface area contributed by atoms with E-state index >= 15 is 0 Å². The molecule has 0 saturated heterocycles. The first kappa shape index (κ1) is 12.5. The van der Waals surface area contributed by atoms with Crippen molar-refractivity contribution in [2.75, 3.05) is 5.32 Å². The Kier molecular flexibility index (Phi) is 3.28. The van der Waals surface area contributed by atoms with Crippen LogP contribution in [0.3, 0.4) is 0 Å². The second-order valence-corrected chi connectivity index (χ2v) is 5.50. The van der Waals surface area contributed by atoms with Crippen LogP contribution in [0.1, 0.15) is 20.8 Å². The number of rotatable bonds is 2. The maximum atomic E-state index is 9.27. The first-order valence-corrected chi connectivity index (χ1v) is 6.12. The van der Waals surface area contributed by atoms with Gasteiger partial charge in [-0.05, 0) is 56.2 Å². The molecule has 2 rings (SSSR count). The molecule has 2 aromatic rings.